The number of hydrogen-bond acceptors (Lipinski definition) is 3. The summed E-state index contributed by atoms with van der Waals surface area (Å²) < 4.78 is 1.91. The molecular formula is C17H17N3OS. The lowest BCUT2D eigenvalue weighted by Crippen LogP contribution is -2.22. The van der Waals surface area contributed by atoms with Crippen LogP contribution in [0, 0.1) is 13.8 Å². The molecule has 0 radical (unpaired) electrons. The van der Waals surface area contributed by atoms with E-state index in [4.69, 9.17) is 0 Å². The zero-order valence-corrected chi connectivity index (χ0v) is 13.4. The van der Waals surface area contributed by atoms with Gasteiger partial charge in [-0.2, -0.15) is 0 Å². The number of nitrogens with zero attached hydrogens (tertiary/aromatic N) is 2. The molecule has 0 fully saturated rings. The molecule has 1 aromatic carbocycles. The molecule has 3 aromatic rings. The Kier molecular flexibility index (Phi) is 4.06. The first-order chi connectivity index (χ1) is 10.6. The molecule has 1 N–H and O–H groups in total. The van der Waals surface area contributed by atoms with E-state index in [1.165, 1.54) is 16.9 Å². The summed E-state index contributed by atoms with van der Waals surface area (Å²) in [7, 11) is 0. The summed E-state index contributed by atoms with van der Waals surface area (Å²) in [4.78, 5) is 17.5. The number of rotatable bonds is 4. The van der Waals surface area contributed by atoms with E-state index < -0.39 is 0 Å². The third-order valence-corrected chi connectivity index (χ3v) is 4.56. The van der Waals surface area contributed by atoms with E-state index in [-0.39, 0.29) is 5.91 Å². The number of nitrogens with one attached hydrogen (secondary N) is 1. The van der Waals surface area contributed by atoms with E-state index in [0.29, 0.717) is 11.4 Å². The first kappa shape index (κ1) is 14.5. The summed E-state index contributed by atoms with van der Waals surface area (Å²) in [5, 5.41) is 3.76. The zero-order valence-electron chi connectivity index (χ0n) is 12.5. The van der Waals surface area contributed by atoms with Gasteiger partial charge in [0.25, 0.3) is 5.91 Å². The highest BCUT2D eigenvalue weighted by atomic mass is 32.1. The number of benzene rings is 1. The van der Waals surface area contributed by atoms with Crippen LogP contribution in [0.1, 0.15) is 26.5 Å². The predicted octanol–water partition coefficient (Wildman–Crippen LogP) is 3.48. The molecule has 112 valence electrons. The van der Waals surface area contributed by atoms with Crippen molar-refractivity contribution < 1.29 is 4.79 Å². The highest BCUT2D eigenvalue weighted by molar-refractivity contribution is 7.16. The van der Waals surface area contributed by atoms with Crippen LogP contribution >= 0.6 is 11.3 Å². The van der Waals surface area contributed by atoms with Gasteiger partial charge in [0, 0.05) is 18.9 Å². The molecule has 0 atom stereocenters. The van der Waals surface area contributed by atoms with Crippen LogP contribution in [0.2, 0.25) is 0 Å². The fraction of sp³-hybridized carbons (Fsp3) is 0.176. The van der Waals surface area contributed by atoms with E-state index in [1.807, 2.05) is 67.2 Å². The van der Waals surface area contributed by atoms with Gasteiger partial charge in [-0.05, 0) is 31.5 Å². The summed E-state index contributed by atoms with van der Waals surface area (Å²) in [6.45, 7) is 4.44. The van der Waals surface area contributed by atoms with E-state index in [1.54, 1.807) is 0 Å². The Balaban J connectivity index is 1.71. The number of aromatic nitrogens is 2. The molecule has 0 aliphatic heterocycles. The number of carbonyl (C=O) groups is 1. The Bertz CT molecular complexity index is 773. The number of aryl methyl sites for hydroxylation is 2. The number of hydrogen-bond donors (Lipinski definition) is 1. The molecule has 0 spiro atoms. The van der Waals surface area contributed by atoms with E-state index in [0.717, 1.165) is 16.4 Å². The van der Waals surface area contributed by atoms with Crippen molar-refractivity contribution in [2.24, 2.45) is 0 Å². The van der Waals surface area contributed by atoms with Crippen LogP contribution in [0.3, 0.4) is 0 Å². The average molecular weight is 311 g/mol. The molecule has 3 rings (SSSR count). The Morgan fingerprint density at radius 3 is 2.55 bits per heavy atom. The van der Waals surface area contributed by atoms with Crippen LogP contribution in [0.4, 0.5) is 0 Å². The lowest BCUT2D eigenvalue weighted by molar-refractivity contribution is 0.0954. The first-order valence-corrected chi connectivity index (χ1v) is 7.89. The molecule has 0 aliphatic carbocycles. The molecule has 5 heteroatoms. The van der Waals surface area contributed by atoms with Gasteiger partial charge in [-0.15, -0.1) is 0 Å². The van der Waals surface area contributed by atoms with E-state index >= 15 is 0 Å². The van der Waals surface area contributed by atoms with E-state index in [9.17, 15) is 4.79 Å². The summed E-state index contributed by atoms with van der Waals surface area (Å²) in [5.74, 6) is -0.0750. The molecule has 1 amide bonds. The second kappa shape index (κ2) is 6.15. The molecule has 0 bridgehead atoms. The molecule has 2 aromatic heterocycles. The third kappa shape index (κ3) is 3.09. The van der Waals surface area contributed by atoms with Crippen LogP contribution in [-0.2, 0) is 6.54 Å². The maximum absolute atomic E-state index is 12.3. The van der Waals surface area contributed by atoms with Crippen molar-refractivity contribution in [3.8, 4) is 5.13 Å². The van der Waals surface area contributed by atoms with Gasteiger partial charge in [0.05, 0.1) is 5.69 Å². The lowest BCUT2D eigenvalue weighted by atomic mass is 10.1. The normalized spacial score (nSPS) is 10.6. The zero-order chi connectivity index (χ0) is 15.5. The fourth-order valence-electron chi connectivity index (χ4n) is 2.13. The smallest absolute Gasteiger partial charge is 0.263 e. The molecular weight excluding hydrogens is 294 g/mol. The SMILES string of the molecule is Cc1ccc(CNC(=O)c2sc(-n3cccc3)nc2C)cc1. The van der Waals surface area contributed by atoms with Gasteiger partial charge in [-0.1, -0.05) is 41.2 Å². The van der Waals surface area contributed by atoms with Gasteiger partial charge in [0.1, 0.15) is 4.88 Å². The van der Waals surface area contributed by atoms with Crippen molar-refractivity contribution >= 4 is 17.2 Å². The van der Waals surface area contributed by atoms with Gasteiger partial charge in [-0.3, -0.25) is 4.79 Å². The molecule has 4 nitrogen and oxygen atoms in total. The van der Waals surface area contributed by atoms with Crippen molar-refractivity contribution in [3.05, 3.63) is 70.5 Å². The van der Waals surface area contributed by atoms with Crippen LogP contribution < -0.4 is 5.32 Å². The second-order valence-corrected chi connectivity index (χ2v) is 6.15. The Labute approximate surface area is 133 Å². The van der Waals surface area contributed by atoms with Gasteiger partial charge in [0.2, 0.25) is 0 Å². The topological polar surface area (TPSA) is 46.9 Å². The highest BCUT2D eigenvalue weighted by Crippen LogP contribution is 2.21. The molecule has 22 heavy (non-hydrogen) atoms. The monoisotopic (exact) mass is 311 g/mol. The molecule has 0 saturated carbocycles. The Morgan fingerprint density at radius 1 is 1.18 bits per heavy atom. The fourth-order valence-corrected chi connectivity index (χ4v) is 3.08. The van der Waals surface area contributed by atoms with Crippen molar-refractivity contribution in [1.29, 1.82) is 0 Å². The van der Waals surface area contributed by atoms with Gasteiger partial charge in [0.15, 0.2) is 5.13 Å². The molecule has 2 heterocycles. The Hall–Kier alpha value is -2.40. The number of amides is 1. The minimum absolute atomic E-state index is 0.0750. The maximum Gasteiger partial charge on any atom is 0.263 e. The van der Waals surface area contributed by atoms with Crippen molar-refractivity contribution in [2.45, 2.75) is 20.4 Å². The lowest BCUT2D eigenvalue weighted by Gasteiger charge is -2.04. The molecule has 0 unspecified atom stereocenters. The van der Waals surface area contributed by atoms with Gasteiger partial charge >= 0.3 is 0 Å². The van der Waals surface area contributed by atoms with Crippen LogP contribution in [0.25, 0.3) is 5.13 Å². The summed E-state index contributed by atoms with van der Waals surface area (Å²) in [6.07, 6.45) is 3.85. The van der Waals surface area contributed by atoms with Crippen LogP contribution in [0.5, 0.6) is 0 Å². The predicted molar refractivity (Wildman–Crippen MR) is 88.5 cm³/mol. The highest BCUT2D eigenvalue weighted by Gasteiger charge is 2.15. The van der Waals surface area contributed by atoms with Gasteiger partial charge in [-0.25, -0.2) is 4.98 Å². The largest absolute Gasteiger partial charge is 0.347 e. The van der Waals surface area contributed by atoms with Crippen molar-refractivity contribution in [2.75, 3.05) is 0 Å². The number of carbonyl (C=O) groups excluding carboxylic acids is 1. The third-order valence-electron chi connectivity index (χ3n) is 3.39. The van der Waals surface area contributed by atoms with E-state index in [2.05, 4.69) is 10.3 Å². The number of thiazole rings is 1. The van der Waals surface area contributed by atoms with Crippen molar-refractivity contribution in [1.82, 2.24) is 14.9 Å². The summed E-state index contributed by atoms with van der Waals surface area (Å²) in [5.41, 5.74) is 3.06. The van der Waals surface area contributed by atoms with Crippen LogP contribution in [-0.4, -0.2) is 15.5 Å². The van der Waals surface area contributed by atoms with Gasteiger partial charge < -0.3 is 9.88 Å². The van der Waals surface area contributed by atoms with Crippen molar-refractivity contribution in [3.63, 3.8) is 0 Å². The minimum atomic E-state index is -0.0750. The standard InChI is InChI=1S/C17H17N3OS/c1-12-5-7-14(8-6-12)11-18-16(21)15-13(2)19-17(22-15)20-9-3-4-10-20/h3-10H,11H2,1-2H3,(H,18,21). The summed E-state index contributed by atoms with van der Waals surface area (Å²) in [6, 6.07) is 12.0. The second-order valence-electron chi connectivity index (χ2n) is 5.17. The molecule has 0 saturated heterocycles. The quantitative estimate of drug-likeness (QED) is 0.802. The molecule has 0 aliphatic rings. The summed E-state index contributed by atoms with van der Waals surface area (Å²) >= 11 is 1.40. The maximum atomic E-state index is 12.3. The van der Waals surface area contributed by atoms with Crippen LogP contribution in [0.15, 0.2) is 48.8 Å². The Morgan fingerprint density at radius 2 is 1.86 bits per heavy atom. The first-order valence-electron chi connectivity index (χ1n) is 7.08. The average Bonchev–Trinajstić information content (AvgIpc) is 3.15. The minimum Gasteiger partial charge on any atom is -0.347 e.